The van der Waals surface area contributed by atoms with Crippen LogP contribution < -0.4 is 0 Å². The largest absolute Gasteiger partial charge is 0.466 e. The molecule has 0 bridgehead atoms. The summed E-state index contributed by atoms with van der Waals surface area (Å²) in [5.41, 5.74) is 2.00. The highest BCUT2D eigenvalue weighted by molar-refractivity contribution is 5.82. The predicted octanol–water partition coefficient (Wildman–Crippen LogP) is 1.87. The standard InChI is InChI=1S/C15H19NO3/c1-19-15(18)10-13-8-5-9-16(13)14(11-17)12-6-3-2-4-7-12/h2-4,6-7,10,14,17H,5,8-9,11H2,1H3/b13-10+/t14-/m1/s1. The molecule has 0 spiro atoms. The van der Waals surface area contributed by atoms with E-state index in [4.69, 9.17) is 0 Å². The summed E-state index contributed by atoms with van der Waals surface area (Å²) < 4.78 is 4.68. The smallest absolute Gasteiger partial charge is 0.332 e. The van der Waals surface area contributed by atoms with E-state index in [-0.39, 0.29) is 18.6 Å². The van der Waals surface area contributed by atoms with Gasteiger partial charge in [0.05, 0.1) is 19.8 Å². The molecule has 1 aliphatic heterocycles. The Bertz CT molecular complexity index is 456. The topological polar surface area (TPSA) is 49.8 Å². The summed E-state index contributed by atoms with van der Waals surface area (Å²) in [5, 5.41) is 9.66. The lowest BCUT2D eigenvalue weighted by atomic mass is 10.1. The molecule has 1 aromatic rings. The second-order valence-corrected chi connectivity index (χ2v) is 4.56. The van der Waals surface area contributed by atoms with Crippen molar-refractivity contribution in [2.75, 3.05) is 20.3 Å². The Morgan fingerprint density at radius 1 is 1.47 bits per heavy atom. The molecule has 0 aromatic heterocycles. The molecule has 102 valence electrons. The average molecular weight is 261 g/mol. The third kappa shape index (κ3) is 3.15. The van der Waals surface area contributed by atoms with E-state index < -0.39 is 0 Å². The molecule has 1 aromatic carbocycles. The Hall–Kier alpha value is -1.81. The highest BCUT2D eigenvalue weighted by Gasteiger charge is 2.26. The normalized spacial score (nSPS) is 18.6. The molecule has 1 aliphatic rings. The van der Waals surface area contributed by atoms with Crippen molar-refractivity contribution in [2.24, 2.45) is 0 Å². The number of carbonyl (C=O) groups excluding carboxylic acids is 1. The molecule has 1 atom stereocenters. The number of ether oxygens (including phenoxy) is 1. The minimum atomic E-state index is -0.341. The van der Waals surface area contributed by atoms with E-state index in [9.17, 15) is 9.90 Å². The quantitative estimate of drug-likeness (QED) is 0.664. The Morgan fingerprint density at radius 3 is 2.84 bits per heavy atom. The van der Waals surface area contributed by atoms with E-state index in [2.05, 4.69) is 9.64 Å². The Balaban J connectivity index is 2.23. The van der Waals surface area contributed by atoms with Gasteiger partial charge in [0.1, 0.15) is 0 Å². The zero-order valence-electron chi connectivity index (χ0n) is 11.1. The van der Waals surface area contributed by atoms with Crippen molar-refractivity contribution in [3.05, 3.63) is 47.7 Å². The number of aliphatic hydroxyl groups is 1. The molecule has 19 heavy (non-hydrogen) atoms. The molecule has 1 fully saturated rings. The molecule has 0 amide bonds. The molecule has 1 heterocycles. The van der Waals surface area contributed by atoms with E-state index in [1.54, 1.807) is 0 Å². The van der Waals surface area contributed by atoms with E-state index in [1.165, 1.54) is 13.2 Å². The second kappa shape index (κ2) is 6.38. The summed E-state index contributed by atoms with van der Waals surface area (Å²) in [4.78, 5) is 13.5. The third-order valence-corrected chi connectivity index (χ3v) is 3.42. The summed E-state index contributed by atoms with van der Waals surface area (Å²) in [6.07, 6.45) is 3.36. The minimum Gasteiger partial charge on any atom is -0.466 e. The summed E-state index contributed by atoms with van der Waals surface area (Å²) in [6.45, 7) is 0.880. The molecule has 0 radical (unpaired) electrons. The van der Waals surface area contributed by atoms with Crippen LogP contribution in [0.2, 0.25) is 0 Å². The first-order valence-electron chi connectivity index (χ1n) is 6.47. The van der Waals surface area contributed by atoms with Crippen LogP contribution in [0.25, 0.3) is 0 Å². The number of carbonyl (C=O) groups is 1. The van der Waals surface area contributed by atoms with Crippen molar-refractivity contribution >= 4 is 5.97 Å². The van der Waals surface area contributed by atoms with Crippen molar-refractivity contribution in [3.63, 3.8) is 0 Å². The fraction of sp³-hybridized carbons (Fsp3) is 0.400. The number of aliphatic hydroxyl groups excluding tert-OH is 1. The van der Waals surface area contributed by atoms with Gasteiger partial charge < -0.3 is 14.7 Å². The lowest BCUT2D eigenvalue weighted by molar-refractivity contribution is -0.135. The molecule has 1 N–H and O–H groups in total. The van der Waals surface area contributed by atoms with Crippen molar-refractivity contribution < 1.29 is 14.6 Å². The third-order valence-electron chi connectivity index (χ3n) is 3.42. The van der Waals surface area contributed by atoms with Crippen LogP contribution in [-0.2, 0) is 9.53 Å². The van der Waals surface area contributed by atoms with E-state index in [0.717, 1.165) is 30.6 Å². The van der Waals surface area contributed by atoms with Gasteiger partial charge in [0, 0.05) is 18.3 Å². The number of hydrogen-bond acceptors (Lipinski definition) is 4. The maximum Gasteiger partial charge on any atom is 0.332 e. The minimum absolute atomic E-state index is 0.0303. The maximum atomic E-state index is 11.4. The fourth-order valence-electron chi connectivity index (χ4n) is 2.48. The van der Waals surface area contributed by atoms with E-state index in [0.29, 0.717) is 0 Å². The number of hydrogen-bond donors (Lipinski definition) is 1. The number of methoxy groups -OCH3 is 1. The summed E-state index contributed by atoms with van der Waals surface area (Å²) >= 11 is 0. The van der Waals surface area contributed by atoms with Gasteiger partial charge in [0.2, 0.25) is 0 Å². The number of likely N-dealkylation sites (tertiary alicyclic amines) is 1. The van der Waals surface area contributed by atoms with Crippen LogP contribution in [0, 0.1) is 0 Å². The van der Waals surface area contributed by atoms with Crippen LogP contribution in [0.3, 0.4) is 0 Å². The SMILES string of the molecule is COC(=O)/C=C1\CCCN1[C@H](CO)c1ccccc1. The monoisotopic (exact) mass is 261 g/mol. The Kier molecular flexibility index (Phi) is 4.58. The molecular weight excluding hydrogens is 242 g/mol. The first-order valence-corrected chi connectivity index (χ1v) is 6.47. The maximum absolute atomic E-state index is 11.4. The zero-order chi connectivity index (χ0) is 13.7. The molecule has 4 heteroatoms. The van der Waals surface area contributed by atoms with Crippen molar-refractivity contribution in [3.8, 4) is 0 Å². The van der Waals surface area contributed by atoms with Crippen molar-refractivity contribution in [1.82, 2.24) is 4.90 Å². The molecule has 0 unspecified atom stereocenters. The van der Waals surface area contributed by atoms with Crippen LogP contribution >= 0.6 is 0 Å². The van der Waals surface area contributed by atoms with Gasteiger partial charge in [-0.15, -0.1) is 0 Å². The molecule has 1 saturated heterocycles. The van der Waals surface area contributed by atoms with Crippen molar-refractivity contribution in [2.45, 2.75) is 18.9 Å². The van der Waals surface area contributed by atoms with Gasteiger partial charge in [-0.2, -0.15) is 0 Å². The van der Waals surface area contributed by atoms with E-state index in [1.807, 2.05) is 30.3 Å². The summed E-state index contributed by atoms with van der Waals surface area (Å²) in [7, 11) is 1.37. The summed E-state index contributed by atoms with van der Waals surface area (Å²) in [6, 6.07) is 9.76. The number of nitrogens with zero attached hydrogens (tertiary/aromatic N) is 1. The van der Waals surface area contributed by atoms with Gasteiger partial charge in [0.25, 0.3) is 0 Å². The molecule has 4 nitrogen and oxygen atoms in total. The van der Waals surface area contributed by atoms with Gasteiger partial charge in [-0.05, 0) is 18.4 Å². The van der Waals surface area contributed by atoms with Crippen LogP contribution in [-0.4, -0.2) is 36.2 Å². The fourth-order valence-corrected chi connectivity index (χ4v) is 2.48. The first-order chi connectivity index (χ1) is 9.26. The predicted molar refractivity (Wildman–Crippen MR) is 72.3 cm³/mol. The van der Waals surface area contributed by atoms with E-state index >= 15 is 0 Å². The number of allylic oxidation sites excluding steroid dienone is 1. The lowest BCUT2D eigenvalue weighted by Gasteiger charge is -2.29. The lowest BCUT2D eigenvalue weighted by Crippen LogP contribution is -2.27. The van der Waals surface area contributed by atoms with Gasteiger partial charge in [-0.25, -0.2) is 4.79 Å². The van der Waals surface area contributed by atoms with Gasteiger partial charge in [-0.3, -0.25) is 0 Å². The number of benzene rings is 1. The molecule has 0 saturated carbocycles. The molecule has 2 rings (SSSR count). The van der Waals surface area contributed by atoms with Crippen LogP contribution in [0.1, 0.15) is 24.4 Å². The Morgan fingerprint density at radius 2 is 2.21 bits per heavy atom. The molecular formula is C15H19NO3. The number of rotatable bonds is 4. The van der Waals surface area contributed by atoms with Crippen LogP contribution in [0.4, 0.5) is 0 Å². The molecule has 0 aliphatic carbocycles. The highest BCUT2D eigenvalue weighted by Crippen LogP contribution is 2.31. The Labute approximate surface area is 113 Å². The summed E-state index contributed by atoms with van der Waals surface area (Å²) in [5.74, 6) is -0.341. The number of esters is 1. The average Bonchev–Trinajstić information content (AvgIpc) is 2.89. The van der Waals surface area contributed by atoms with Gasteiger partial charge in [0.15, 0.2) is 0 Å². The highest BCUT2D eigenvalue weighted by atomic mass is 16.5. The van der Waals surface area contributed by atoms with Gasteiger partial charge >= 0.3 is 5.97 Å². The second-order valence-electron chi connectivity index (χ2n) is 4.56. The zero-order valence-corrected chi connectivity index (χ0v) is 11.1. The van der Waals surface area contributed by atoms with Crippen LogP contribution in [0.5, 0.6) is 0 Å². The first kappa shape index (κ1) is 13.6. The van der Waals surface area contributed by atoms with Crippen molar-refractivity contribution in [1.29, 1.82) is 0 Å². The van der Waals surface area contributed by atoms with Gasteiger partial charge in [-0.1, -0.05) is 30.3 Å². The van der Waals surface area contributed by atoms with Crippen LogP contribution in [0.15, 0.2) is 42.1 Å².